The fourth-order valence-corrected chi connectivity index (χ4v) is 3.96. The molecule has 1 amide bonds. The molecule has 0 unspecified atom stereocenters. The molecule has 2 aromatic heterocycles. The van der Waals surface area contributed by atoms with E-state index < -0.39 is 0 Å². The molecule has 2 aliphatic rings. The number of carbonyl (C=O) groups is 2. The Labute approximate surface area is 164 Å². The number of anilines is 1. The molecule has 148 valence electrons. The van der Waals surface area contributed by atoms with Gasteiger partial charge in [-0.3, -0.25) is 19.5 Å². The van der Waals surface area contributed by atoms with E-state index in [1.165, 1.54) is 12.8 Å². The summed E-state index contributed by atoms with van der Waals surface area (Å²) in [5.41, 5.74) is 2.31. The minimum Gasteiger partial charge on any atom is -0.490 e. The number of Topliss-reactive ketones (excluding diaryl/α,β-unsaturated/α-hetero) is 1. The van der Waals surface area contributed by atoms with E-state index in [1.54, 1.807) is 24.7 Å². The molecule has 1 saturated heterocycles. The Balaban J connectivity index is 1.45. The molecule has 0 radical (unpaired) electrons. The molecular weight excluding hydrogens is 356 g/mol. The molecule has 0 spiro atoms. The first-order valence-electron chi connectivity index (χ1n) is 10.1. The van der Waals surface area contributed by atoms with E-state index >= 15 is 0 Å². The van der Waals surface area contributed by atoms with E-state index in [0.29, 0.717) is 35.6 Å². The van der Waals surface area contributed by atoms with Gasteiger partial charge in [-0.05, 0) is 45.2 Å². The molecule has 2 aromatic rings. The van der Waals surface area contributed by atoms with Crippen molar-refractivity contribution in [3.63, 3.8) is 0 Å². The summed E-state index contributed by atoms with van der Waals surface area (Å²) in [5, 5.41) is 2.87. The zero-order chi connectivity index (χ0) is 19.3. The molecule has 2 N–H and O–H groups in total. The lowest BCUT2D eigenvalue weighted by atomic mass is 10.0. The molecular formula is C21H26N4O3. The van der Waals surface area contributed by atoms with Gasteiger partial charge in [0, 0.05) is 37.1 Å². The summed E-state index contributed by atoms with van der Waals surface area (Å²) in [6.45, 7) is 3.67. The molecule has 0 saturated carbocycles. The van der Waals surface area contributed by atoms with Crippen LogP contribution >= 0.6 is 0 Å². The van der Waals surface area contributed by atoms with E-state index in [1.807, 2.05) is 0 Å². The maximum Gasteiger partial charge on any atom is 0.258 e. The highest BCUT2D eigenvalue weighted by molar-refractivity contribution is 6.13. The van der Waals surface area contributed by atoms with Crippen LogP contribution in [0.2, 0.25) is 0 Å². The summed E-state index contributed by atoms with van der Waals surface area (Å²) in [4.78, 5) is 34.9. The quantitative estimate of drug-likeness (QED) is 0.750. The van der Waals surface area contributed by atoms with Crippen LogP contribution < -0.4 is 10.1 Å². The number of ketones is 1. The van der Waals surface area contributed by atoms with Gasteiger partial charge in [0.25, 0.3) is 5.91 Å². The Morgan fingerprint density at radius 3 is 2.89 bits per heavy atom. The molecule has 7 nitrogen and oxygen atoms in total. The van der Waals surface area contributed by atoms with E-state index in [9.17, 15) is 9.59 Å². The minimum absolute atomic E-state index is 0.0344. The Morgan fingerprint density at radius 1 is 1.21 bits per heavy atom. The first kappa shape index (κ1) is 18.7. The number of hydrogen-bond acceptors (Lipinski definition) is 5. The van der Waals surface area contributed by atoms with Crippen LogP contribution in [0.4, 0.5) is 5.69 Å². The molecule has 1 aliphatic heterocycles. The second-order valence-corrected chi connectivity index (χ2v) is 7.41. The van der Waals surface area contributed by atoms with Gasteiger partial charge in [0.1, 0.15) is 18.0 Å². The maximum absolute atomic E-state index is 12.9. The number of nitrogens with zero attached hydrogens (tertiary/aromatic N) is 2. The fraction of sp³-hybridized carbons (Fsp3) is 0.476. The lowest BCUT2D eigenvalue weighted by molar-refractivity contribution is 0.0965. The van der Waals surface area contributed by atoms with E-state index in [2.05, 4.69) is 20.2 Å². The number of pyridine rings is 1. The fourth-order valence-electron chi connectivity index (χ4n) is 3.96. The maximum atomic E-state index is 12.9. The largest absolute Gasteiger partial charge is 0.490 e. The number of ether oxygens (including phenoxy) is 1. The zero-order valence-electron chi connectivity index (χ0n) is 16.0. The van der Waals surface area contributed by atoms with Crippen molar-refractivity contribution in [3.8, 4) is 5.75 Å². The van der Waals surface area contributed by atoms with Gasteiger partial charge < -0.3 is 15.0 Å². The van der Waals surface area contributed by atoms with Gasteiger partial charge in [-0.25, -0.2) is 0 Å². The van der Waals surface area contributed by atoms with E-state index in [4.69, 9.17) is 4.74 Å². The zero-order valence-corrected chi connectivity index (χ0v) is 16.0. The molecule has 0 bridgehead atoms. The van der Waals surface area contributed by atoms with Gasteiger partial charge in [-0.1, -0.05) is 0 Å². The van der Waals surface area contributed by atoms with Crippen LogP contribution in [0.5, 0.6) is 5.75 Å². The number of rotatable bonds is 6. The van der Waals surface area contributed by atoms with Crippen LogP contribution in [-0.4, -0.2) is 52.8 Å². The average molecular weight is 382 g/mol. The number of H-pyrrole nitrogens is 1. The third-order valence-corrected chi connectivity index (χ3v) is 5.46. The topological polar surface area (TPSA) is 87.3 Å². The summed E-state index contributed by atoms with van der Waals surface area (Å²) in [7, 11) is 0. The Morgan fingerprint density at radius 2 is 2.04 bits per heavy atom. The monoisotopic (exact) mass is 382 g/mol. The Bertz CT molecular complexity index is 855. The smallest absolute Gasteiger partial charge is 0.258 e. The molecule has 1 fully saturated rings. The van der Waals surface area contributed by atoms with Gasteiger partial charge in [0.05, 0.1) is 17.3 Å². The highest BCUT2D eigenvalue weighted by Crippen LogP contribution is 2.27. The van der Waals surface area contributed by atoms with Crippen LogP contribution in [0, 0.1) is 0 Å². The summed E-state index contributed by atoms with van der Waals surface area (Å²) in [5.74, 6) is 0.313. The SMILES string of the molecule is O=C(Nc1cnccc1OCCN1CCCC1)c1c[nH]c2c1C(=O)CCCC2. The van der Waals surface area contributed by atoms with E-state index in [0.717, 1.165) is 44.6 Å². The van der Waals surface area contributed by atoms with Gasteiger partial charge >= 0.3 is 0 Å². The average Bonchev–Trinajstić information content (AvgIpc) is 3.33. The summed E-state index contributed by atoms with van der Waals surface area (Å²) in [6, 6.07) is 1.75. The molecule has 4 rings (SSSR count). The third-order valence-electron chi connectivity index (χ3n) is 5.46. The van der Waals surface area contributed by atoms with Crippen molar-refractivity contribution in [3.05, 3.63) is 41.5 Å². The van der Waals surface area contributed by atoms with Crippen molar-refractivity contribution < 1.29 is 14.3 Å². The first-order chi connectivity index (χ1) is 13.7. The number of hydrogen-bond donors (Lipinski definition) is 2. The number of amides is 1. The Hall–Kier alpha value is -2.67. The first-order valence-corrected chi connectivity index (χ1v) is 10.1. The van der Waals surface area contributed by atoms with Crippen LogP contribution in [0.25, 0.3) is 0 Å². The van der Waals surface area contributed by atoms with Gasteiger partial charge in [0.15, 0.2) is 5.78 Å². The van der Waals surface area contributed by atoms with E-state index in [-0.39, 0.29) is 11.7 Å². The van der Waals surface area contributed by atoms with Crippen LogP contribution in [0.1, 0.15) is 58.5 Å². The number of aromatic amines is 1. The number of aromatic nitrogens is 2. The molecule has 0 atom stereocenters. The minimum atomic E-state index is -0.315. The van der Waals surface area contributed by atoms with Crippen molar-refractivity contribution in [2.24, 2.45) is 0 Å². The highest BCUT2D eigenvalue weighted by atomic mass is 16.5. The number of fused-ring (bicyclic) bond motifs is 1. The summed E-state index contributed by atoms with van der Waals surface area (Å²) >= 11 is 0. The van der Waals surface area contributed by atoms with Crippen LogP contribution in [-0.2, 0) is 6.42 Å². The number of carbonyl (C=O) groups excluding carboxylic acids is 2. The number of nitrogens with one attached hydrogen (secondary N) is 2. The van der Waals surface area contributed by atoms with Crippen molar-refractivity contribution in [2.75, 3.05) is 31.6 Å². The highest BCUT2D eigenvalue weighted by Gasteiger charge is 2.25. The van der Waals surface area contributed by atoms with Gasteiger partial charge in [-0.15, -0.1) is 0 Å². The van der Waals surface area contributed by atoms with Crippen molar-refractivity contribution in [1.82, 2.24) is 14.9 Å². The van der Waals surface area contributed by atoms with Crippen LogP contribution in [0.3, 0.4) is 0 Å². The standard InChI is InChI=1S/C21H26N4O3/c26-18-6-2-1-5-16-20(18)15(13-23-16)21(27)24-17-14-22-8-7-19(17)28-12-11-25-9-3-4-10-25/h7-8,13-14,23H,1-6,9-12H2,(H,24,27). The molecule has 3 heterocycles. The van der Waals surface area contributed by atoms with Crippen molar-refractivity contribution >= 4 is 17.4 Å². The lowest BCUT2D eigenvalue weighted by Gasteiger charge is -2.16. The molecule has 28 heavy (non-hydrogen) atoms. The molecule has 1 aliphatic carbocycles. The van der Waals surface area contributed by atoms with Crippen LogP contribution in [0.15, 0.2) is 24.7 Å². The van der Waals surface area contributed by atoms with Crippen molar-refractivity contribution in [2.45, 2.75) is 38.5 Å². The Kier molecular flexibility index (Phi) is 5.71. The second-order valence-electron chi connectivity index (χ2n) is 7.41. The third kappa shape index (κ3) is 4.09. The predicted octanol–water partition coefficient (Wildman–Crippen LogP) is 3.05. The normalized spacial score (nSPS) is 17.2. The molecule has 0 aromatic carbocycles. The van der Waals surface area contributed by atoms with Crippen molar-refractivity contribution in [1.29, 1.82) is 0 Å². The second kappa shape index (κ2) is 8.56. The lowest BCUT2D eigenvalue weighted by Crippen LogP contribution is -2.25. The predicted molar refractivity (Wildman–Crippen MR) is 106 cm³/mol. The molecule has 7 heteroatoms. The number of likely N-dealkylation sites (tertiary alicyclic amines) is 1. The summed E-state index contributed by atoms with van der Waals surface area (Å²) in [6.07, 6.45) is 10.5. The van der Waals surface area contributed by atoms with Gasteiger partial charge in [0.2, 0.25) is 0 Å². The summed E-state index contributed by atoms with van der Waals surface area (Å²) < 4.78 is 5.90. The van der Waals surface area contributed by atoms with Gasteiger partial charge in [-0.2, -0.15) is 0 Å². The number of aryl methyl sites for hydroxylation is 1.